The Kier molecular flexibility index (Phi) is 3.65. The Labute approximate surface area is 94.9 Å². The average molecular weight is 272 g/mol. The summed E-state index contributed by atoms with van der Waals surface area (Å²) in [5.74, 6) is -2.44. The van der Waals surface area contributed by atoms with Crippen molar-refractivity contribution in [2.75, 3.05) is 6.26 Å². The fraction of sp³-hybridized carbons (Fsp3) is 0.333. The molecule has 8 heteroatoms. The number of ether oxygens (including phenoxy) is 1. The Morgan fingerprint density at radius 3 is 2.35 bits per heavy atom. The van der Waals surface area contributed by atoms with Crippen molar-refractivity contribution < 1.29 is 30.7 Å². The number of alkyl halides is 3. The number of benzene rings is 1. The van der Waals surface area contributed by atoms with Crippen molar-refractivity contribution in [2.24, 2.45) is 0 Å². The highest BCUT2D eigenvalue weighted by atomic mass is 32.2. The normalized spacial score (nSPS) is 12.5. The molecule has 1 aromatic rings. The van der Waals surface area contributed by atoms with Crippen LogP contribution in [0.2, 0.25) is 0 Å². The van der Waals surface area contributed by atoms with Crippen LogP contribution in [0, 0.1) is 5.82 Å². The van der Waals surface area contributed by atoms with E-state index in [1.165, 1.54) is 0 Å². The number of halogens is 4. The molecule has 0 fully saturated rings. The van der Waals surface area contributed by atoms with E-state index in [0.717, 1.165) is 18.4 Å². The van der Waals surface area contributed by atoms with Crippen molar-refractivity contribution in [1.29, 1.82) is 0 Å². The summed E-state index contributed by atoms with van der Waals surface area (Å²) >= 11 is 0. The monoisotopic (exact) mass is 272 g/mol. The van der Waals surface area contributed by atoms with Crippen molar-refractivity contribution in [1.82, 2.24) is 0 Å². The second-order valence-corrected chi connectivity index (χ2v) is 5.51. The smallest absolute Gasteiger partial charge is 0.405 e. The van der Waals surface area contributed by atoms with Crippen LogP contribution in [0.3, 0.4) is 0 Å². The first kappa shape index (κ1) is 13.8. The highest BCUT2D eigenvalue weighted by Gasteiger charge is 2.32. The lowest BCUT2D eigenvalue weighted by atomic mass is 10.2. The Morgan fingerprint density at radius 2 is 1.88 bits per heavy atom. The molecular formula is C9H8F4O3S. The van der Waals surface area contributed by atoms with Gasteiger partial charge in [-0.1, -0.05) is 6.07 Å². The predicted molar refractivity (Wildman–Crippen MR) is 51.6 cm³/mol. The van der Waals surface area contributed by atoms with Crippen molar-refractivity contribution >= 4 is 9.84 Å². The van der Waals surface area contributed by atoms with Crippen LogP contribution in [0.1, 0.15) is 5.56 Å². The molecule has 0 unspecified atom stereocenters. The maximum absolute atomic E-state index is 12.8. The van der Waals surface area contributed by atoms with Gasteiger partial charge in [0.2, 0.25) is 0 Å². The molecule has 0 aliphatic heterocycles. The third-order valence-electron chi connectivity index (χ3n) is 1.67. The Bertz CT molecular complexity index is 507. The van der Waals surface area contributed by atoms with E-state index in [0.29, 0.717) is 6.07 Å². The van der Waals surface area contributed by atoms with Gasteiger partial charge < -0.3 is 4.74 Å². The minimum atomic E-state index is -5.00. The molecule has 96 valence electrons. The largest absolute Gasteiger partial charge is 0.573 e. The lowest BCUT2D eigenvalue weighted by Crippen LogP contribution is -2.18. The van der Waals surface area contributed by atoms with E-state index in [-0.39, 0.29) is 5.56 Å². The van der Waals surface area contributed by atoms with Gasteiger partial charge in [-0.3, -0.25) is 0 Å². The molecule has 0 spiro atoms. The van der Waals surface area contributed by atoms with E-state index >= 15 is 0 Å². The van der Waals surface area contributed by atoms with Gasteiger partial charge in [-0.05, 0) is 6.07 Å². The summed E-state index contributed by atoms with van der Waals surface area (Å²) in [6, 6.07) is 2.30. The average Bonchev–Trinajstić information content (AvgIpc) is 2.05. The molecule has 0 saturated carbocycles. The number of hydrogen-bond acceptors (Lipinski definition) is 3. The lowest BCUT2D eigenvalue weighted by molar-refractivity contribution is -0.274. The Hall–Kier alpha value is -1.31. The van der Waals surface area contributed by atoms with E-state index in [1.54, 1.807) is 0 Å². The number of hydrogen-bond donors (Lipinski definition) is 0. The molecule has 0 amide bonds. The third-order valence-corrected chi connectivity index (χ3v) is 2.51. The fourth-order valence-corrected chi connectivity index (χ4v) is 1.95. The first-order valence-electron chi connectivity index (χ1n) is 4.29. The molecule has 17 heavy (non-hydrogen) atoms. The minimum absolute atomic E-state index is 0.244. The predicted octanol–water partition coefficient (Wildman–Crippen LogP) is 2.27. The quantitative estimate of drug-likeness (QED) is 0.793. The van der Waals surface area contributed by atoms with Crippen LogP contribution in [0.4, 0.5) is 17.6 Å². The first-order chi connectivity index (χ1) is 7.57. The summed E-state index contributed by atoms with van der Waals surface area (Å²) in [5, 5.41) is 0. The van der Waals surface area contributed by atoms with Gasteiger partial charge in [0.1, 0.15) is 11.6 Å². The van der Waals surface area contributed by atoms with Crippen LogP contribution in [-0.4, -0.2) is 21.0 Å². The van der Waals surface area contributed by atoms with E-state index in [1.807, 2.05) is 0 Å². The molecule has 0 aromatic heterocycles. The topological polar surface area (TPSA) is 43.4 Å². The van der Waals surface area contributed by atoms with Gasteiger partial charge in [-0.15, -0.1) is 13.2 Å². The van der Waals surface area contributed by atoms with E-state index < -0.39 is 33.5 Å². The molecule has 0 N–H and O–H groups in total. The summed E-state index contributed by atoms with van der Waals surface area (Å²) in [6.07, 6.45) is -4.15. The number of rotatable bonds is 3. The van der Waals surface area contributed by atoms with Crippen molar-refractivity contribution in [3.05, 3.63) is 29.6 Å². The van der Waals surface area contributed by atoms with Crippen molar-refractivity contribution in [3.63, 3.8) is 0 Å². The van der Waals surface area contributed by atoms with Gasteiger partial charge in [-0.2, -0.15) is 0 Å². The van der Waals surface area contributed by atoms with Crippen LogP contribution in [-0.2, 0) is 15.6 Å². The summed E-state index contributed by atoms with van der Waals surface area (Å²) < 4.78 is 74.2. The van der Waals surface area contributed by atoms with Gasteiger partial charge in [0.05, 0.1) is 5.75 Å². The standard InChI is InChI=1S/C9H8F4O3S/c1-17(14,15)5-6-2-3-7(10)4-8(6)16-9(11,12)13/h2-4H,5H2,1H3. The van der Waals surface area contributed by atoms with Crippen LogP contribution in [0.15, 0.2) is 18.2 Å². The molecule has 0 saturated heterocycles. The van der Waals surface area contributed by atoms with Crippen molar-refractivity contribution in [3.8, 4) is 5.75 Å². The van der Waals surface area contributed by atoms with Crippen LogP contribution >= 0.6 is 0 Å². The molecule has 0 heterocycles. The van der Waals surface area contributed by atoms with Gasteiger partial charge in [0, 0.05) is 17.9 Å². The van der Waals surface area contributed by atoms with Gasteiger partial charge >= 0.3 is 6.36 Å². The molecule has 0 radical (unpaired) electrons. The van der Waals surface area contributed by atoms with E-state index in [9.17, 15) is 26.0 Å². The highest BCUT2D eigenvalue weighted by molar-refractivity contribution is 7.89. The van der Waals surface area contributed by atoms with E-state index in [4.69, 9.17) is 0 Å². The first-order valence-corrected chi connectivity index (χ1v) is 6.35. The molecule has 1 rings (SSSR count). The van der Waals surface area contributed by atoms with E-state index in [2.05, 4.69) is 4.74 Å². The Morgan fingerprint density at radius 1 is 1.29 bits per heavy atom. The zero-order valence-electron chi connectivity index (χ0n) is 8.58. The maximum Gasteiger partial charge on any atom is 0.573 e. The Balaban J connectivity index is 3.13. The second-order valence-electron chi connectivity index (χ2n) is 3.37. The SMILES string of the molecule is CS(=O)(=O)Cc1ccc(F)cc1OC(F)(F)F. The van der Waals surface area contributed by atoms with Crippen LogP contribution in [0.25, 0.3) is 0 Å². The van der Waals surface area contributed by atoms with Gasteiger partial charge in [0.15, 0.2) is 9.84 Å². The molecular weight excluding hydrogens is 264 g/mol. The molecule has 0 aliphatic carbocycles. The summed E-state index contributed by atoms with van der Waals surface area (Å²) in [7, 11) is -3.54. The third kappa shape index (κ3) is 5.03. The molecule has 1 aromatic carbocycles. The molecule has 0 bridgehead atoms. The maximum atomic E-state index is 12.8. The summed E-state index contributed by atoms with van der Waals surface area (Å²) in [5.41, 5.74) is -0.244. The summed E-state index contributed by atoms with van der Waals surface area (Å²) in [6.45, 7) is 0. The molecule has 0 atom stereocenters. The van der Waals surface area contributed by atoms with Crippen molar-refractivity contribution in [2.45, 2.75) is 12.1 Å². The van der Waals surface area contributed by atoms with Gasteiger partial charge in [-0.25, -0.2) is 12.8 Å². The molecule has 3 nitrogen and oxygen atoms in total. The zero-order chi connectivity index (χ0) is 13.3. The highest BCUT2D eigenvalue weighted by Crippen LogP contribution is 2.28. The van der Waals surface area contributed by atoms with Crippen LogP contribution < -0.4 is 4.74 Å². The number of sulfone groups is 1. The summed E-state index contributed by atoms with van der Waals surface area (Å²) in [4.78, 5) is 0. The lowest BCUT2D eigenvalue weighted by Gasteiger charge is -2.12. The van der Waals surface area contributed by atoms with Gasteiger partial charge in [0.25, 0.3) is 0 Å². The fourth-order valence-electron chi connectivity index (χ4n) is 1.15. The van der Waals surface area contributed by atoms with Crippen LogP contribution in [0.5, 0.6) is 5.75 Å². The molecule has 0 aliphatic rings. The minimum Gasteiger partial charge on any atom is -0.405 e. The second kappa shape index (κ2) is 4.52. The zero-order valence-corrected chi connectivity index (χ0v) is 9.40.